The number of aromatic nitrogens is 2. The van der Waals surface area contributed by atoms with Gasteiger partial charge in [-0.3, -0.25) is 0 Å². The molecular weight excluding hydrogens is 1600 g/mol. The molecule has 0 radical (unpaired) electrons. The fourth-order valence-corrected chi connectivity index (χ4v) is 21.1. The number of rotatable bonds is 12. The molecule has 3 fully saturated rings. The molecule has 2 saturated carbocycles. The first-order valence-corrected chi connectivity index (χ1v) is 45.6. The van der Waals surface area contributed by atoms with Gasteiger partial charge in [0.1, 0.15) is 0 Å². The van der Waals surface area contributed by atoms with E-state index in [2.05, 4.69) is 437 Å². The summed E-state index contributed by atoms with van der Waals surface area (Å²) in [5, 5.41) is 10.6. The number of hydrogen-bond acceptors (Lipinski definition) is 2. The molecule has 3 aliphatic rings. The third kappa shape index (κ3) is 15.4. The zero-order valence-corrected chi connectivity index (χ0v) is 73.3. The number of hydrogen-bond donors (Lipinski definition) is 0. The minimum absolute atomic E-state index is 0.348. The van der Waals surface area contributed by atoms with Crippen molar-refractivity contribution in [1.82, 2.24) is 8.80 Å². The lowest BCUT2D eigenvalue weighted by molar-refractivity contribution is 0.00578. The van der Waals surface area contributed by atoms with Crippen LogP contribution in [-0.4, -0.2) is 27.1 Å². The van der Waals surface area contributed by atoms with E-state index in [-0.39, 0.29) is 18.3 Å². The molecule has 0 bridgehead atoms. The van der Waals surface area contributed by atoms with Crippen molar-refractivity contribution in [2.75, 3.05) is 0 Å². The van der Waals surface area contributed by atoms with E-state index in [1.165, 1.54) is 239 Å². The summed E-state index contributed by atoms with van der Waals surface area (Å²) in [5.74, 6) is 2.56. The molecule has 0 unspecified atom stereocenters. The van der Waals surface area contributed by atoms with Crippen LogP contribution in [0.15, 0.2) is 370 Å². The fourth-order valence-electron chi connectivity index (χ4n) is 20.6. The van der Waals surface area contributed by atoms with Crippen molar-refractivity contribution in [3.8, 4) is 89.0 Å². The van der Waals surface area contributed by atoms with Crippen molar-refractivity contribution in [2.45, 2.75) is 123 Å². The van der Waals surface area contributed by atoms with Crippen LogP contribution >= 0.6 is 22.6 Å². The van der Waals surface area contributed by atoms with Crippen LogP contribution in [-0.2, 0) is 9.31 Å². The van der Waals surface area contributed by atoms with E-state index >= 15 is 0 Å². The van der Waals surface area contributed by atoms with Crippen molar-refractivity contribution in [1.29, 1.82) is 0 Å². The van der Waals surface area contributed by atoms with Gasteiger partial charge in [-0.05, 0) is 279 Å². The molecule has 0 amide bonds. The monoisotopic (exact) mass is 1700 g/mol. The Morgan fingerprint density at radius 1 is 0.285 bits per heavy atom. The number of aryl methyl sites for hydroxylation is 2. The highest BCUT2D eigenvalue weighted by atomic mass is 127. The highest BCUT2D eigenvalue weighted by Crippen LogP contribution is 2.50. The van der Waals surface area contributed by atoms with Crippen LogP contribution < -0.4 is 5.46 Å². The van der Waals surface area contributed by atoms with E-state index in [4.69, 9.17) is 9.31 Å². The molecule has 4 aromatic heterocycles. The second-order valence-corrected chi connectivity index (χ2v) is 36.8. The number of halogens is 1. The standard InChI is InChI=1S/C42H27N.C30H29BO2.C27H36.C18H10IN/c1-2-9-28(10-3-1)29-19-21-30(22-20-29)31-11-6-12-32(25-31)33-13-7-14-34(26-33)35-23-24-41-39(27-35)38-17-8-16-37-36-15-4-5-18-40(36)43(41)42(37)38;1-29(2)30(3,4)33-31(32-29)28-15-9-14-27(21-28)26-13-8-12-25(20-26)24-18-16-23(17-19-24)22-10-6-5-7-11-22;1-20-12-11-13-21(2)26(20)24-18-9-10-19-25(24)27(22-14-5-3-6-15-22)23-16-7-4-8-17-23;19-11-8-9-17-15(10-11)14-6-3-5-13-12-4-1-2-7-16(12)20(17)18(13)14/h1-27H;5-21H,1-4H3;9-13,18-19,22-23,27H,3-8,14-17H2,1-2H3;1-10H. The second kappa shape index (κ2) is 33.9. The molecule has 123 heavy (non-hydrogen) atoms. The smallest absolute Gasteiger partial charge is 0.399 e. The van der Waals surface area contributed by atoms with Crippen LogP contribution in [0.25, 0.3) is 165 Å². The van der Waals surface area contributed by atoms with E-state index in [1.54, 1.807) is 5.56 Å². The SMILES string of the molecule is CC1(C)OB(c2cccc(-c3cccc(-c4ccc(-c5ccccc5)cc4)c3)c2)OC1(C)C.Cc1cccc(C)c1-c1ccccc1C(C1CCCCC1)C1CCCCC1.Ic1ccc2c(c1)c1cccc3c4ccccc4n2c31.c1ccc(-c2ccc(-c3cccc(-c4cccc(-c5ccc6c(c5)c5cccc7c8ccccc8n6c75)c4)c3)cc2)cc1. The zero-order chi connectivity index (χ0) is 83.3. The summed E-state index contributed by atoms with van der Waals surface area (Å²) in [6, 6.07) is 134. The minimum Gasteiger partial charge on any atom is -0.399 e. The molecule has 6 heteroatoms. The van der Waals surface area contributed by atoms with E-state index in [1.807, 2.05) is 6.07 Å². The summed E-state index contributed by atoms with van der Waals surface area (Å²) < 4.78 is 18.7. The molecular formula is C117H102BIN2O2. The molecule has 0 spiro atoms. The average molecular weight is 1710 g/mol. The molecule has 0 atom stereocenters. The quantitative estimate of drug-likeness (QED) is 0.0900. The highest BCUT2D eigenvalue weighted by molar-refractivity contribution is 14.1. The van der Waals surface area contributed by atoms with Crippen LogP contribution in [0, 0.1) is 29.3 Å². The summed E-state index contributed by atoms with van der Waals surface area (Å²) in [6.07, 6.45) is 14.5. The second-order valence-electron chi connectivity index (χ2n) is 35.5. The van der Waals surface area contributed by atoms with Gasteiger partial charge in [-0.2, -0.15) is 0 Å². The van der Waals surface area contributed by atoms with Gasteiger partial charge < -0.3 is 18.1 Å². The molecule has 23 rings (SSSR count). The van der Waals surface area contributed by atoms with Gasteiger partial charge in [0.05, 0.1) is 44.3 Å². The molecule has 16 aromatic carbocycles. The fraction of sp³-hybridized carbons (Fsp3) is 0.179. The first-order chi connectivity index (χ1) is 60.2. The van der Waals surface area contributed by atoms with Crippen LogP contribution in [0.5, 0.6) is 0 Å². The number of nitrogens with zero attached hydrogens (tertiary/aromatic N) is 2. The van der Waals surface area contributed by atoms with Gasteiger partial charge in [0, 0.05) is 46.7 Å². The van der Waals surface area contributed by atoms with Gasteiger partial charge in [-0.25, -0.2) is 0 Å². The van der Waals surface area contributed by atoms with E-state index in [0.29, 0.717) is 0 Å². The van der Waals surface area contributed by atoms with E-state index in [9.17, 15) is 0 Å². The number of fused-ring (bicyclic) bond motifs is 12. The van der Waals surface area contributed by atoms with Gasteiger partial charge >= 0.3 is 7.12 Å². The summed E-state index contributed by atoms with van der Waals surface area (Å²) >= 11 is 2.39. The third-order valence-corrected chi connectivity index (χ3v) is 28.1. The van der Waals surface area contributed by atoms with Gasteiger partial charge in [0.25, 0.3) is 0 Å². The molecule has 20 aromatic rings. The Morgan fingerprint density at radius 2 is 0.602 bits per heavy atom. The Hall–Kier alpha value is -12.2. The lowest BCUT2D eigenvalue weighted by Crippen LogP contribution is -2.41. The predicted molar refractivity (Wildman–Crippen MR) is 532 cm³/mol. The molecule has 1 aliphatic heterocycles. The molecule has 0 N–H and O–H groups in total. The summed E-state index contributed by atoms with van der Waals surface area (Å²) in [4.78, 5) is 0. The Morgan fingerprint density at radius 3 is 1.07 bits per heavy atom. The first-order valence-electron chi connectivity index (χ1n) is 44.5. The van der Waals surface area contributed by atoms with Crippen LogP contribution in [0.3, 0.4) is 0 Å². The minimum atomic E-state index is -0.358. The van der Waals surface area contributed by atoms with E-state index < -0.39 is 0 Å². The summed E-state index contributed by atoms with van der Waals surface area (Å²) in [7, 11) is -0.358. The van der Waals surface area contributed by atoms with Gasteiger partial charge in [-0.15, -0.1) is 0 Å². The lowest BCUT2D eigenvalue weighted by Gasteiger charge is -2.39. The van der Waals surface area contributed by atoms with Crippen LogP contribution in [0.2, 0.25) is 0 Å². The Bertz CT molecular complexity index is 7130. The van der Waals surface area contributed by atoms with Gasteiger partial charge in [0.2, 0.25) is 0 Å². The zero-order valence-electron chi connectivity index (χ0n) is 71.2. The normalized spacial score (nSPS) is 14.8. The number of para-hydroxylation sites is 4. The first kappa shape index (κ1) is 79.3. The Balaban J connectivity index is 0.000000108. The van der Waals surface area contributed by atoms with Crippen molar-refractivity contribution < 1.29 is 9.31 Å². The third-order valence-electron chi connectivity index (χ3n) is 27.4. The topological polar surface area (TPSA) is 27.3 Å². The number of benzene rings is 16. The highest BCUT2D eigenvalue weighted by Gasteiger charge is 2.52. The maximum atomic E-state index is 6.26. The molecule has 4 nitrogen and oxygen atoms in total. The largest absolute Gasteiger partial charge is 0.494 e. The van der Waals surface area contributed by atoms with Crippen LogP contribution in [0.1, 0.15) is 115 Å². The predicted octanol–water partition coefficient (Wildman–Crippen LogP) is 32.1. The summed E-state index contributed by atoms with van der Waals surface area (Å²) in [5.41, 5.74) is 32.7. The van der Waals surface area contributed by atoms with Crippen LogP contribution in [0.4, 0.5) is 0 Å². The Labute approximate surface area is 737 Å². The maximum Gasteiger partial charge on any atom is 0.494 e. The van der Waals surface area contributed by atoms with Crippen molar-refractivity contribution in [2.24, 2.45) is 11.8 Å². The average Bonchev–Trinajstić information content (AvgIpc) is 1.55. The van der Waals surface area contributed by atoms with Gasteiger partial charge in [-0.1, -0.05) is 348 Å². The summed E-state index contributed by atoms with van der Waals surface area (Å²) in [6.45, 7) is 12.9. The lowest BCUT2D eigenvalue weighted by atomic mass is 9.66. The molecule has 2 aliphatic carbocycles. The van der Waals surface area contributed by atoms with E-state index in [0.717, 1.165) is 28.8 Å². The van der Waals surface area contributed by atoms with Crippen molar-refractivity contribution in [3.63, 3.8) is 0 Å². The Kier molecular flexibility index (Phi) is 21.9. The maximum absolute atomic E-state index is 6.26. The molecule has 5 heterocycles. The molecule has 602 valence electrons. The van der Waals surface area contributed by atoms with Gasteiger partial charge in [0.15, 0.2) is 0 Å². The molecule has 1 saturated heterocycles. The van der Waals surface area contributed by atoms with Crippen molar-refractivity contribution >= 4 is 111 Å². The van der Waals surface area contributed by atoms with Crippen molar-refractivity contribution in [3.05, 3.63) is 390 Å².